The molecule has 0 N–H and O–H groups in total. The van der Waals surface area contributed by atoms with Crippen LogP contribution in [-0.4, -0.2) is 16.8 Å². The van der Waals surface area contributed by atoms with Gasteiger partial charge in [0.05, 0.1) is 6.54 Å². The first kappa shape index (κ1) is 11.1. The average Bonchev–Trinajstić information content (AvgIpc) is 2.25. The maximum absolute atomic E-state index is 11.6. The first-order valence-corrected chi connectivity index (χ1v) is 5.69. The van der Waals surface area contributed by atoms with E-state index in [9.17, 15) is 4.79 Å². The van der Waals surface area contributed by atoms with Crippen LogP contribution in [0.4, 0.5) is 5.69 Å². The van der Waals surface area contributed by atoms with Gasteiger partial charge in [0.25, 0.3) is 5.91 Å². The SMILES string of the molecule is O=C1N(c2ccccc2CCl)CC1(Cl)Cl. The van der Waals surface area contributed by atoms with Gasteiger partial charge in [-0.3, -0.25) is 4.79 Å². The molecule has 0 spiro atoms. The molecular formula is C10H8Cl3NO. The highest BCUT2D eigenvalue weighted by Crippen LogP contribution is 2.38. The molecule has 0 aromatic heterocycles. The summed E-state index contributed by atoms with van der Waals surface area (Å²) in [6, 6.07) is 7.43. The van der Waals surface area contributed by atoms with Crippen molar-refractivity contribution in [3.8, 4) is 0 Å². The molecule has 0 saturated carbocycles. The van der Waals surface area contributed by atoms with Crippen LogP contribution in [0.5, 0.6) is 0 Å². The van der Waals surface area contributed by atoms with Gasteiger partial charge in [0.1, 0.15) is 0 Å². The molecule has 1 aromatic rings. The van der Waals surface area contributed by atoms with Crippen molar-refractivity contribution in [3.63, 3.8) is 0 Å². The van der Waals surface area contributed by atoms with E-state index in [1.807, 2.05) is 24.3 Å². The van der Waals surface area contributed by atoms with Crippen LogP contribution in [-0.2, 0) is 10.7 Å². The van der Waals surface area contributed by atoms with Gasteiger partial charge in [-0.2, -0.15) is 0 Å². The van der Waals surface area contributed by atoms with Gasteiger partial charge in [-0.25, -0.2) is 0 Å². The van der Waals surface area contributed by atoms with E-state index in [0.717, 1.165) is 11.3 Å². The van der Waals surface area contributed by atoms with E-state index >= 15 is 0 Å². The van der Waals surface area contributed by atoms with E-state index in [4.69, 9.17) is 34.8 Å². The summed E-state index contributed by atoms with van der Waals surface area (Å²) in [6.45, 7) is 0.308. The van der Waals surface area contributed by atoms with Crippen LogP contribution in [0.2, 0.25) is 0 Å². The average molecular weight is 265 g/mol. The van der Waals surface area contributed by atoms with Crippen molar-refractivity contribution >= 4 is 46.4 Å². The Morgan fingerprint density at radius 1 is 1.33 bits per heavy atom. The number of amides is 1. The summed E-state index contributed by atoms with van der Waals surface area (Å²) in [6.07, 6.45) is 0. The molecule has 1 heterocycles. The Balaban J connectivity index is 2.29. The van der Waals surface area contributed by atoms with Gasteiger partial charge in [-0.1, -0.05) is 41.4 Å². The molecular weight excluding hydrogens is 256 g/mol. The van der Waals surface area contributed by atoms with E-state index < -0.39 is 4.33 Å². The quantitative estimate of drug-likeness (QED) is 0.594. The van der Waals surface area contributed by atoms with Crippen LogP contribution in [0.3, 0.4) is 0 Å². The lowest BCUT2D eigenvalue weighted by molar-refractivity contribution is -0.122. The molecule has 1 aliphatic rings. The molecule has 5 heteroatoms. The van der Waals surface area contributed by atoms with Crippen LogP contribution in [0.25, 0.3) is 0 Å². The number of β-lactam (4-membered cyclic amide) rings is 1. The third kappa shape index (κ3) is 1.82. The third-order valence-electron chi connectivity index (χ3n) is 2.34. The standard InChI is InChI=1S/C10H8Cl3NO/c11-5-7-3-1-2-4-8(7)14-6-10(12,13)9(14)15/h1-4H,5-6H2. The number of nitrogens with zero attached hydrogens (tertiary/aromatic N) is 1. The molecule has 2 nitrogen and oxygen atoms in total. The molecule has 1 aliphatic heterocycles. The number of alkyl halides is 3. The molecule has 0 aliphatic carbocycles. The maximum Gasteiger partial charge on any atom is 0.265 e. The van der Waals surface area contributed by atoms with Crippen molar-refractivity contribution < 1.29 is 4.79 Å². The van der Waals surface area contributed by atoms with Crippen LogP contribution in [0.15, 0.2) is 24.3 Å². The minimum Gasteiger partial charge on any atom is -0.306 e. The van der Waals surface area contributed by atoms with Gasteiger partial charge in [0.2, 0.25) is 4.33 Å². The molecule has 0 radical (unpaired) electrons. The minimum atomic E-state index is -1.26. The van der Waals surface area contributed by atoms with E-state index in [1.165, 1.54) is 4.90 Å². The van der Waals surface area contributed by atoms with E-state index in [2.05, 4.69) is 0 Å². The van der Waals surface area contributed by atoms with Crippen molar-refractivity contribution in [2.24, 2.45) is 0 Å². The number of benzene rings is 1. The summed E-state index contributed by atoms with van der Waals surface area (Å²) in [4.78, 5) is 13.1. The highest BCUT2D eigenvalue weighted by atomic mass is 35.5. The normalized spacial score (nSPS) is 18.9. The summed E-state index contributed by atoms with van der Waals surface area (Å²) in [5, 5.41) is 0. The summed E-state index contributed by atoms with van der Waals surface area (Å²) in [5.74, 6) is 0.0701. The fourth-order valence-electron chi connectivity index (χ4n) is 1.53. The van der Waals surface area contributed by atoms with E-state index in [-0.39, 0.29) is 5.91 Å². The molecule has 80 valence electrons. The second-order valence-electron chi connectivity index (χ2n) is 3.36. The van der Waals surface area contributed by atoms with Gasteiger partial charge in [0, 0.05) is 11.6 Å². The first-order chi connectivity index (χ1) is 7.06. The smallest absolute Gasteiger partial charge is 0.265 e. The van der Waals surface area contributed by atoms with Gasteiger partial charge < -0.3 is 4.90 Å². The Morgan fingerprint density at radius 2 is 2.00 bits per heavy atom. The van der Waals surface area contributed by atoms with E-state index in [1.54, 1.807) is 0 Å². The molecule has 0 atom stereocenters. The van der Waals surface area contributed by atoms with Crippen molar-refractivity contribution in [2.45, 2.75) is 10.2 Å². The maximum atomic E-state index is 11.6. The zero-order valence-corrected chi connectivity index (χ0v) is 9.98. The first-order valence-electron chi connectivity index (χ1n) is 4.40. The summed E-state index contributed by atoms with van der Waals surface area (Å²) < 4.78 is -1.26. The predicted molar refractivity (Wildman–Crippen MR) is 62.8 cm³/mol. The zero-order chi connectivity index (χ0) is 11.1. The molecule has 0 unspecified atom stereocenters. The Morgan fingerprint density at radius 3 is 2.53 bits per heavy atom. The van der Waals surface area contributed by atoms with Crippen LogP contribution in [0.1, 0.15) is 5.56 Å². The van der Waals surface area contributed by atoms with Crippen molar-refractivity contribution in [3.05, 3.63) is 29.8 Å². The number of rotatable bonds is 2. The molecule has 0 bridgehead atoms. The number of carbonyl (C=O) groups excluding carboxylic acids is 1. The molecule has 1 amide bonds. The van der Waals surface area contributed by atoms with Gasteiger partial charge >= 0.3 is 0 Å². The Bertz CT molecular complexity index is 405. The van der Waals surface area contributed by atoms with Crippen LogP contribution >= 0.6 is 34.8 Å². The molecule has 15 heavy (non-hydrogen) atoms. The number of hydrogen-bond acceptors (Lipinski definition) is 1. The Labute approximate surface area is 103 Å². The van der Waals surface area contributed by atoms with Gasteiger partial charge in [-0.15, -0.1) is 11.6 Å². The number of anilines is 1. The van der Waals surface area contributed by atoms with Crippen LogP contribution < -0.4 is 4.90 Å². The number of halogens is 3. The van der Waals surface area contributed by atoms with E-state index in [0.29, 0.717) is 12.4 Å². The largest absolute Gasteiger partial charge is 0.306 e. The van der Waals surface area contributed by atoms with Crippen molar-refractivity contribution in [1.82, 2.24) is 0 Å². The van der Waals surface area contributed by atoms with Crippen molar-refractivity contribution in [2.75, 3.05) is 11.4 Å². The second kappa shape index (κ2) is 3.85. The summed E-state index contributed by atoms with van der Waals surface area (Å²) in [7, 11) is 0. The van der Waals surface area contributed by atoms with Gasteiger partial charge in [0.15, 0.2) is 0 Å². The molecule has 1 saturated heterocycles. The van der Waals surface area contributed by atoms with Gasteiger partial charge in [-0.05, 0) is 11.6 Å². The Hall–Kier alpha value is -0.440. The fraction of sp³-hybridized carbons (Fsp3) is 0.300. The lowest BCUT2D eigenvalue weighted by atomic mass is 10.1. The highest BCUT2D eigenvalue weighted by molar-refractivity contribution is 6.62. The lowest BCUT2D eigenvalue weighted by Gasteiger charge is -2.41. The lowest BCUT2D eigenvalue weighted by Crippen LogP contribution is -2.60. The topological polar surface area (TPSA) is 20.3 Å². The highest BCUT2D eigenvalue weighted by Gasteiger charge is 2.50. The molecule has 2 rings (SSSR count). The molecule has 1 fully saturated rings. The number of para-hydroxylation sites is 1. The van der Waals surface area contributed by atoms with Crippen LogP contribution in [0, 0.1) is 0 Å². The Kier molecular flexibility index (Phi) is 2.84. The summed E-state index contributed by atoms with van der Waals surface area (Å²) in [5.41, 5.74) is 1.69. The third-order valence-corrected chi connectivity index (χ3v) is 3.19. The number of carbonyl (C=O) groups is 1. The summed E-state index contributed by atoms with van der Waals surface area (Å²) >= 11 is 17.2. The molecule has 1 aromatic carbocycles. The number of hydrogen-bond donors (Lipinski definition) is 0. The predicted octanol–water partition coefficient (Wildman–Crippen LogP) is 2.95. The second-order valence-corrected chi connectivity index (χ2v) is 5.11. The van der Waals surface area contributed by atoms with Crippen molar-refractivity contribution in [1.29, 1.82) is 0 Å². The zero-order valence-electron chi connectivity index (χ0n) is 7.71. The minimum absolute atomic E-state index is 0.289. The monoisotopic (exact) mass is 263 g/mol. The fourth-order valence-corrected chi connectivity index (χ4v) is 2.20.